The van der Waals surface area contributed by atoms with E-state index in [9.17, 15) is 13.2 Å². The van der Waals surface area contributed by atoms with Gasteiger partial charge in [0.05, 0.1) is 16.6 Å². The van der Waals surface area contributed by atoms with Crippen LogP contribution in [0.15, 0.2) is 60.7 Å². The van der Waals surface area contributed by atoms with E-state index in [0.717, 1.165) is 52.8 Å². The topological polar surface area (TPSA) is 21.1 Å². The van der Waals surface area contributed by atoms with Crippen LogP contribution in [0.4, 0.5) is 13.2 Å². The van der Waals surface area contributed by atoms with Crippen LogP contribution >= 0.6 is 0 Å². The molecular formula is C24H24F3N3. The summed E-state index contributed by atoms with van der Waals surface area (Å²) in [5, 5.41) is 2.28. The average Bonchev–Trinajstić information content (AvgIpc) is 3.04. The minimum Gasteiger partial charge on any atom is -0.328 e. The monoisotopic (exact) mass is 411 g/mol. The molecule has 0 saturated heterocycles. The van der Waals surface area contributed by atoms with Crippen LogP contribution in [-0.4, -0.2) is 35.1 Å². The molecule has 4 rings (SSSR count). The molecule has 0 fully saturated rings. The Morgan fingerprint density at radius 2 is 1.73 bits per heavy atom. The van der Waals surface area contributed by atoms with Gasteiger partial charge in [0, 0.05) is 13.0 Å². The van der Waals surface area contributed by atoms with Gasteiger partial charge in [-0.1, -0.05) is 42.5 Å². The molecule has 3 nitrogen and oxygen atoms in total. The van der Waals surface area contributed by atoms with Gasteiger partial charge in [-0.25, -0.2) is 4.98 Å². The summed E-state index contributed by atoms with van der Waals surface area (Å²) >= 11 is 0. The lowest BCUT2D eigenvalue weighted by Crippen LogP contribution is -2.16. The smallest absolute Gasteiger partial charge is 0.328 e. The number of benzene rings is 3. The Labute approximate surface area is 173 Å². The van der Waals surface area contributed by atoms with E-state index in [1.807, 2.05) is 32.3 Å². The predicted molar refractivity (Wildman–Crippen MR) is 115 cm³/mol. The van der Waals surface area contributed by atoms with Crippen molar-refractivity contribution in [3.05, 3.63) is 77.6 Å². The SMILES string of the molecule is CN(C)CCCn1c(Cc2cccc3ccccc23)nc2cc(C(F)(F)F)ccc21. The van der Waals surface area contributed by atoms with E-state index in [2.05, 4.69) is 38.7 Å². The highest BCUT2D eigenvalue weighted by Crippen LogP contribution is 2.32. The van der Waals surface area contributed by atoms with Crippen molar-refractivity contribution in [3.8, 4) is 0 Å². The summed E-state index contributed by atoms with van der Waals surface area (Å²) in [6.07, 6.45) is -2.92. The summed E-state index contributed by atoms with van der Waals surface area (Å²) < 4.78 is 41.7. The first kappa shape index (κ1) is 20.4. The van der Waals surface area contributed by atoms with Gasteiger partial charge in [-0.2, -0.15) is 13.2 Å². The third-order valence-electron chi connectivity index (χ3n) is 5.37. The highest BCUT2D eigenvalue weighted by Gasteiger charge is 2.31. The molecule has 0 radical (unpaired) electrons. The zero-order valence-electron chi connectivity index (χ0n) is 17.1. The maximum atomic E-state index is 13.2. The number of aryl methyl sites for hydroxylation is 1. The first-order chi connectivity index (χ1) is 14.3. The van der Waals surface area contributed by atoms with Crippen molar-refractivity contribution in [2.24, 2.45) is 0 Å². The van der Waals surface area contributed by atoms with Crippen molar-refractivity contribution in [3.63, 3.8) is 0 Å². The minimum atomic E-state index is -4.38. The molecule has 0 aliphatic carbocycles. The fourth-order valence-corrected chi connectivity index (χ4v) is 3.90. The van der Waals surface area contributed by atoms with E-state index >= 15 is 0 Å². The van der Waals surface area contributed by atoms with Gasteiger partial charge >= 0.3 is 6.18 Å². The van der Waals surface area contributed by atoms with Crippen LogP contribution in [0, 0.1) is 0 Å². The third-order valence-corrected chi connectivity index (χ3v) is 5.37. The summed E-state index contributed by atoms with van der Waals surface area (Å²) in [6.45, 7) is 1.61. The van der Waals surface area contributed by atoms with E-state index < -0.39 is 11.7 Å². The predicted octanol–water partition coefficient (Wildman–Crippen LogP) is 5.75. The van der Waals surface area contributed by atoms with E-state index in [0.29, 0.717) is 18.5 Å². The van der Waals surface area contributed by atoms with Crippen molar-refractivity contribution < 1.29 is 13.2 Å². The first-order valence-electron chi connectivity index (χ1n) is 10.0. The fraction of sp³-hybridized carbons (Fsp3) is 0.292. The van der Waals surface area contributed by atoms with Gasteiger partial charge in [0.1, 0.15) is 5.82 Å². The van der Waals surface area contributed by atoms with Crippen molar-refractivity contribution in [1.29, 1.82) is 0 Å². The van der Waals surface area contributed by atoms with Gasteiger partial charge in [0.25, 0.3) is 0 Å². The zero-order chi connectivity index (χ0) is 21.3. The molecule has 0 aliphatic heterocycles. The largest absolute Gasteiger partial charge is 0.416 e. The Morgan fingerprint density at radius 1 is 0.967 bits per heavy atom. The van der Waals surface area contributed by atoms with Crippen LogP contribution in [0.5, 0.6) is 0 Å². The lowest BCUT2D eigenvalue weighted by Gasteiger charge is -2.13. The number of nitrogens with zero attached hydrogens (tertiary/aromatic N) is 3. The zero-order valence-corrected chi connectivity index (χ0v) is 17.1. The Balaban J connectivity index is 1.78. The standard InChI is InChI=1S/C24H24F3N3/c1-29(2)13-6-14-30-22-12-11-19(24(25,26)27)16-21(22)28-23(30)15-18-9-5-8-17-7-3-4-10-20(17)18/h3-5,7-12,16H,6,13-15H2,1-2H3. The number of rotatable bonds is 6. The van der Waals surface area contributed by atoms with Crippen LogP contribution in [0.1, 0.15) is 23.4 Å². The average molecular weight is 411 g/mol. The van der Waals surface area contributed by atoms with Gasteiger partial charge in [-0.3, -0.25) is 0 Å². The van der Waals surface area contributed by atoms with Gasteiger partial charge in [-0.05, 0) is 61.6 Å². The van der Waals surface area contributed by atoms with Crippen LogP contribution in [0.2, 0.25) is 0 Å². The Hall–Kier alpha value is -2.86. The molecule has 0 saturated carbocycles. The van der Waals surface area contributed by atoms with E-state index in [1.54, 1.807) is 6.07 Å². The number of hydrogen-bond acceptors (Lipinski definition) is 2. The molecule has 0 amide bonds. The normalized spacial score (nSPS) is 12.3. The molecule has 0 atom stereocenters. The van der Waals surface area contributed by atoms with E-state index in [-0.39, 0.29) is 0 Å². The second kappa shape index (κ2) is 8.11. The molecule has 3 aromatic carbocycles. The third kappa shape index (κ3) is 4.19. The quantitative estimate of drug-likeness (QED) is 0.403. The maximum absolute atomic E-state index is 13.2. The Kier molecular flexibility index (Phi) is 5.52. The lowest BCUT2D eigenvalue weighted by atomic mass is 10.0. The molecule has 30 heavy (non-hydrogen) atoms. The van der Waals surface area contributed by atoms with Crippen molar-refractivity contribution in [1.82, 2.24) is 14.5 Å². The van der Waals surface area contributed by atoms with Gasteiger partial charge in [0.2, 0.25) is 0 Å². The van der Waals surface area contributed by atoms with Crippen LogP contribution in [-0.2, 0) is 19.1 Å². The van der Waals surface area contributed by atoms with E-state index in [1.165, 1.54) is 0 Å². The number of halogens is 3. The Morgan fingerprint density at radius 3 is 2.50 bits per heavy atom. The lowest BCUT2D eigenvalue weighted by molar-refractivity contribution is -0.137. The highest BCUT2D eigenvalue weighted by molar-refractivity contribution is 5.86. The molecular weight excluding hydrogens is 387 g/mol. The second-order valence-electron chi connectivity index (χ2n) is 7.85. The van der Waals surface area contributed by atoms with Gasteiger partial charge in [0.15, 0.2) is 0 Å². The summed E-state index contributed by atoms with van der Waals surface area (Å²) in [6, 6.07) is 18.1. The van der Waals surface area contributed by atoms with E-state index in [4.69, 9.17) is 0 Å². The number of aromatic nitrogens is 2. The molecule has 156 valence electrons. The number of hydrogen-bond donors (Lipinski definition) is 0. The molecule has 0 bridgehead atoms. The van der Waals surface area contributed by atoms with Crippen molar-refractivity contribution >= 4 is 21.8 Å². The second-order valence-corrected chi connectivity index (χ2v) is 7.85. The molecule has 0 spiro atoms. The van der Waals surface area contributed by atoms with Crippen LogP contribution in [0.25, 0.3) is 21.8 Å². The highest BCUT2D eigenvalue weighted by atomic mass is 19.4. The molecule has 0 unspecified atom stereocenters. The summed E-state index contributed by atoms with van der Waals surface area (Å²) in [7, 11) is 4.03. The van der Waals surface area contributed by atoms with Crippen LogP contribution < -0.4 is 0 Å². The van der Waals surface area contributed by atoms with Crippen molar-refractivity contribution in [2.75, 3.05) is 20.6 Å². The Bertz CT molecular complexity index is 1170. The fourth-order valence-electron chi connectivity index (χ4n) is 3.90. The van der Waals surface area contributed by atoms with Gasteiger partial charge in [-0.15, -0.1) is 0 Å². The van der Waals surface area contributed by atoms with Gasteiger partial charge < -0.3 is 9.47 Å². The van der Waals surface area contributed by atoms with Crippen molar-refractivity contribution in [2.45, 2.75) is 25.6 Å². The summed E-state index contributed by atoms with van der Waals surface area (Å²) in [5.41, 5.74) is 1.60. The molecule has 0 aliphatic rings. The summed E-state index contributed by atoms with van der Waals surface area (Å²) in [5.74, 6) is 0.791. The molecule has 4 aromatic rings. The number of fused-ring (bicyclic) bond motifs is 2. The molecule has 6 heteroatoms. The minimum absolute atomic E-state index is 0.393. The molecule has 1 heterocycles. The maximum Gasteiger partial charge on any atom is 0.416 e. The summed E-state index contributed by atoms with van der Waals surface area (Å²) in [4.78, 5) is 6.74. The molecule has 1 aromatic heterocycles. The van der Waals surface area contributed by atoms with Crippen LogP contribution in [0.3, 0.4) is 0 Å². The molecule has 0 N–H and O–H groups in total. The number of imidazole rings is 1. The number of alkyl halides is 3. The first-order valence-corrected chi connectivity index (χ1v) is 10.0.